The molecule has 0 amide bonds. The van der Waals surface area contributed by atoms with E-state index in [1.807, 2.05) is 12.1 Å². The van der Waals surface area contributed by atoms with Gasteiger partial charge in [-0.05, 0) is 31.4 Å². The molecule has 6 heteroatoms. The minimum absolute atomic E-state index is 0. The van der Waals surface area contributed by atoms with E-state index in [-0.39, 0.29) is 24.0 Å². The lowest BCUT2D eigenvalue weighted by Crippen LogP contribution is -2.47. The molecule has 0 aromatic carbocycles. The van der Waals surface area contributed by atoms with Crippen LogP contribution in [0.15, 0.2) is 40.0 Å². The first-order valence-electron chi connectivity index (χ1n) is 10.4. The summed E-state index contributed by atoms with van der Waals surface area (Å²) in [4.78, 5) is 10.0. The Balaban J connectivity index is 0.00000210. The number of guanidine groups is 1. The Bertz CT molecular complexity index is 602. The van der Waals surface area contributed by atoms with Crippen LogP contribution in [0.4, 0.5) is 0 Å². The number of nitrogens with zero attached hydrogens (tertiary/aromatic N) is 3. The van der Waals surface area contributed by atoms with Gasteiger partial charge >= 0.3 is 0 Å². The van der Waals surface area contributed by atoms with Gasteiger partial charge in [0.15, 0.2) is 5.96 Å². The molecule has 0 spiro atoms. The molecule has 2 aliphatic heterocycles. The van der Waals surface area contributed by atoms with Gasteiger partial charge in [-0.3, -0.25) is 9.89 Å². The van der Waals surface area contributed by atoms with Crippen molar-refractivity contribution in [2.24, 2.45) is 4.99 Å². The third-order valence-electron chi connectivity index (χ3n) is 5.96. The molecule has 1 atom stereocenters. The molecule has 27 heavy (non-hydrogen) atoms. The minimum atomic E-state index is 0. The van der Waals surface area contributed by atoms with Crippen LogP contribution in [-0.2, 0) is 6.42 Å². The van der Waals surface area contributed by atoms with Crippen LogP contribution in [0.3, 0.4) is 0 Å². The van der Waals surface area contributed by atoms with Crippen molar-refractivity contribution in [3.8, 4) is 0 Å². The van der Waals surface area contributed by atoms with Crippen molar-refractivity contribution < 1.29 is 4.42 Å². The Kier molecular flexibility index (Phi) is 8.06. The molecule has 1 saturated heterocycles. The summed E-state index contributed by atoms with van der Waals surface area (Å²) in [7, 11) is 0. The van der Waals surface area contributed by atoms with E-state index in [2.05, 4.69) is 27.3 Å². The molecule has 5 nitrogen and oxygen atoms in total. The molecule has 1 saturated carbocycles. The monoisotopic (exact) mass is 484 g/mol. The first kappa shape index (κ1) is 20.7. The summed E-state index contributed by atoms with van der Waals surface area (Å²) in [5.41, 5.74) is 0. The summed E-state index contributed by atoms with van der Waals surface area (Å²) < 4.78 is 5.46. The first-order chi connectivity index (χ1) is 12.9. The molecular weight excluding hydrogens is 451 g/mol. The van der Waals surface area contributed by atoms with Gasteiger partial charge in [-0.25, -0.2) is 0 Å². The van der Waals surface area contributed by atoms with E-state index in [0.29, 0.717) is 12.1 Å². The Labute approximate surface area is 180 Å². The van der Waals surface area contributed by atoms with Crippen LogP contribution in [0.2, 0.25) is 0 Å². The Morgan fingerprint density at radius 3 is 2.70 bits per heavy atom. The van der Waals surface area contributed by atoms with Crippen LogP contribution in [0.1, 0.15) is 44.3 Å². The van der Waals surface area contributed by atoms with Gasteiger partial charge in [-0.2, -0.15) is 0 Å². The van der Waals surface area contributed by atoms with Crippen molar-refractivity contribution in [2.75, 3.05) is 32.7 Å². The molecular formula is C21H33IN4O. The molecule has 2 fully saturated rings. The predicted molar refractivity (Wildman–Crippen MR) is 121 cm³/mol. The molecule has 1 aromatic heterocycles. The fraction of sp³-hybridized carbons (Fsp3) is 0.667. The van der Waals surface area contributed by atoms with Crippen molar-refractivity contribution in [1.82, 2.24) is 15.1 Å². The fourth-order valence-electron chi connectivity index (χ4n) is 4.42. The van der Waals surface area contributed by atoms with E-state index >= 15 is 0 Å². The number of hydrogen-bond acceptors (Lipinski definition) is 3. The van der Waals surface area contributed by atoms with Gasteiger partial charge in [0, 0.05) is 51.2 Å². The SMILES string of the molecule is C1=CCN(C2CCN(C(=NCCc3ccco3)NC3CCCCC3)C2)C1.I. The Morgan fingerprint density at radius 1 is 1.15 bits per heavy atom. The normalized spacial score (nSPS) is 24.4. The highest BCUT2D eigenvalue weighted by Gasteiger charge is 2.30. The van der Waals surface area contributed by atoms with E-state index in [9.17, 15) is 0 Å². The summed E-state index contributed by atoms with van der Waals surface area (Å²) in [5.74, 6) is 2.14. The van der Waals surface area contributed by atoms with Gasteiger partial charge in [-0.1, -0.05) is 31.4 Å². The molecule has 3 heterocycles. The van der Waals surface area contributed by atoms with E-state index in [1.165, 1.54) is 38.5 Å². The van der Waals surface area contributed by atoms with Crippen LogP contribution < -0.4 is 5.32 Å². The summed E-state index contributed by atoms with van der Waals surface area (Å²) >= 11 is 0. The molecule has 3 aliphatic rings. The Hall–Kier alpha value is -1.02. The maximum Gasteiger partial charge on any atom is 0.194 e. The number of nitrogens with one attached hydrogen (secondary N) is 1. The number of likely N-dealkylation sites (tertiary alicyclic amines) is 1. The number of rotatable bonds is 5. The predicted octanol–water partition coefficient (Wildman–Crippen LogP) is 3.66. The van der Waals surface area contributed by atoms with Gasteiger partial charge in [-0.15, -0.1) is 24.0 Å². The van der Waals surface area contributed by atoms with E-state index in [0.717, 1.165) is 50.9 Å². The minimum Gasteiger partial charge on any atom is -0.469 e. The van der Waals surface area contributed by atoms with Crippen molar-refractivity contribution >= 4 is 29.9 Å². The van der Waals surface area contributed by atoms with E-state index in [4.69, 9.17) is 9.41 Å². The van der Waals surface area contributed by atoms with Crippen molar-refractivity contribution in [2.45, 2.75) is 57.0 Å². The van der Waals surface area contributed by atoms with Gasteiger partial charge in [0.1, 0.15) is 5.76 Å². The molecule has 0 bridgehead atoms. The van der Waals surface area contributed by atoms with Crippen molar-refractivity contribution in [3.63, 3.8) is 0 Å². The van der Waals surface area contributed by atoms with Gasteiger partial charge < -0.3 is 14.6 Å². The van der Waals surface area contributed by atoms with Gasteiger partial charge in [0.2, 0.25) is 0 Å². The highest BCUT2D eigenvalue weighted by Crippen LogP contribution is 2.21. The second kappa shape index (κ2) is 10.5. The lowest BCUT2D eigenvalue weighted by molar-refractivity contribution is 0.258. The molecule has 1 unspecified atom stereocenters. The summed E-state index contributed by atoms with van der Waals surface area (Å²) in [6.45, 7) is 5.22. The zero-order chi connectivity index (χ0) is 17.6. The zero-order valence-electron chi connectivity index (χ0n) is 16.2. The maximum atomic E-state index is 5.46. The van der Waals surface area contributed by atoms with Crippen molar-refractivity contribution in [1.29, 1.82) is 0 Å². The van der Waals surface area contributed by atoms with Gasteiger partial charge in [0.05, 0.1) is 6.26 Å². The summed E-state index contributed by atoms with van der Waals surface area (Å²) in [5, 5.41) is 3.80. The maximum absolute atomic E-state index is 5.46. The average molecular weight is 484 g/mol. The van der Waals surface area contributed by atoms with Crippen LogP contribution in [0, 0.1) is 0 Å². The Morgan fingerprint density at radius 2 is 1.96 bits per heavy atom. The van der Waals surface area contributed by atoms with Crippen LogP contribution >= 0.6 is 24.0 Å². The second-order valence-corrected chi connectivity index (χ2v) is 7.83. The molecule has 1 N–H and O–H groups in total. The average Bonchev–Trinajstić information content (AvgIpc) is 3.42. The van der Waals surface area contributed by atoms with Gasteiger partial charge in [0.25, 0.3) is 0 Å². The molecule has 0 radical (unpaired) electrons. The van der Waals surface area contributed by atoms with Crippen molar-refractivity contribution in [3.05, 3.63) is 36.3 Å². The number of aliphatic imine (C=N–C) groups is 1. The highest BCUT2D eigenvalue weighted by atomic mass is 127. The highest BCUT2D eigenvalue weighted by molar-refractivity contribution is 14.0. The van der Waals surface area contributed by atoms with E-state index < -0.39 is 0 Å². The van der Waals surface area contributed by atoms with Crippen LogP contribution in [0.5, 0.6) is 0 Å². The van der Waals surface area contributed by atoms with Crippen LogP contribution in [0.25, 0.3) is 0 Å². The molecule has 4 rings (SSSR count). The quantitative estimate of drug-likeness (QED) is 0.300. The summed E-state index contributed by atoms with van der Waals surface area (Å²) in [6.07, 6.45) is 15.1. The largest absolute Gasteiger partial charge is 0.469 e. The fourth-order valence-corrected chi connectivity index (χ4v) is 4.42. The summed E-state index contributed by atoms with van der Waals surface area (Å²) in [6, 6.07) is 5.25. The molecule has 1 aliphatic carbocycles. The number of furan rings is 1. The third-order valence-corrected chi connectivity index (χ3v) is 5.96. The first-order valence-corrected chi connectivity index (χ1v) is 10.4. The molecule has 150 valence electrons. The van der Waals surface area contributed by atoms with E-state index in [1.54, 1.807) is 6.26 Å². The second-order valence-electron chi connectivity index (χ2n) is 7.83. The third kappa shape index (κ3) is 5.73. The smallest absolute Gasteiger partial charge is 0.194 e. The lowest BCUT2D eigenvalue weighted by Gasteiger charge is -2.30. The standard InChI is InChI=1S/C21H32N4O.HI/c1-2-7-18(8-3-1)23-21(22-12-10-20-9-6-16-26-20)25-15-11-19(17-25)24-13-4-5-14-24;/h4-6,9,16,18-19H,1-3,7-8,10-15,17H2,(H,22,23);1H. The zero-order valence-corrected chi connectivity index (χ0v) is 18.5. The topological polar surface area (TPSA) is 44.0 Å². The lowest BCUT2D eigenvalue weighted by atomic mass is 9.96. The molecule has 1 aromatic rings. The number of hydrogen-bond donors (Lipinski definition) is 1. The van der Waals surface area contributed by atoms with Crippen LogP contribution in [-0.4, -0.2) is 60.6 Å². The number of halogens is 1.